The molecule has 4 rings (SSSR count). The third-order valence-electron chi connectivity index (χ3n) is 4.15. The van der Waals surface area contributed by atoms with Crippen LogP contribution in [0.2, 0.25) is 0 Å². The van der Waals surface area contributed by atoms with Crippen LogP contribution in [0.4, 0.5) is 0 Å². The number of carbonyl (C=O) groups excluding carboxylic acids is 1. The van der Waals surface area contributed by atoms with Crippen molar-refractivity contribution in [2.24, 2.45) is 5.10 Å². The number of rotatable bonds is 4. The van der Waals surface area contributed by atoms with Crippen molar-refractivity contribution in [3.8, 4) is 11.1 Å². The lowest BCUT2D eigenvalue weighted by atomic mass is 9.98. The van der Waals surface area contributed by atoms with Crippen LogP contribution in [0.3, 0.4) is 0 Å². The molecule has 27 heavy (non-hydrogen) atoms. The largest absolute Gasteiger partial charge is 0.272 e. The maximum atomic E-state index is 13.0. The average molecular weight is 352 g/mol. The fourth-order valence-electron chi connectivity index (χ4n) is 2.89. The van der Waals surface area contributed by atoms with Gasteiger partial charge in [0.15, 0.2) is 0 Å². The van der Waals surface area contributed by atoms with Crippen LogP contribution in [-0.2, 0) is 0 Å². The SMILES string of the molecule is O=C(N/N=C\c1ccccc1)c1c(-c2cccnc2)cnc2ccccc12. The number of fused-ring (bicyclic) bond motifs is 1. The molecule has 0 spiro atoms. The summed E-state index contributed by atoms with van der Waals surface area (Å²) < 4.78 is 0. The minimum atomic E-state index is -0.292. The minimum Gasteiger partial charge on any atom is -0.267 e. The fraction of sp³-hybridized carbons (Fsp3) is 0. The van der Waals surface area contributed by atoms with Crippen molar-refractivity contribution >= 4 is 23.0 Å². The van der Waals surface area contributed by atoms with Crippen LogP contribution in [0.1, 0.15) is 15.9 Å². The molecule has 0 radical (unpaired) electrons. The van der Waals surface area contributed by atoms with E-state index in [2.05, 4.69) is 20.5 Å². The highest BCUT2D eigenvalue weighted by molar-refractivity contribution is 6.11. The topological polar surface area (TPSA) is 67.2 Å². The highest BCUT2D eigenvalue weighted by atomic mass is 16.2. The van der Waals surface area contributed by atoms with Crippen molar-refractivity contribution in [1.82, 2.24) is 15.4 Å². The molecule has 130 valence electrons. The molecule has 0 saturated carbocycles. The van der Waals surface area contributed by atoms with E-state index in [4.69, 9.17) is 0 Å². The van der Waals surface area contributed by atoms with Crippen LogP contribution in [0, 0.1) is 0 Å². The van der Waals surface area contributed by atoms with Crippen molar-refractivity contribution in [1.29, 1.82) is 0 Å². The van der Waals surface area contributed by atoms with Gasteiger partial charge in [-0.3, -0.25) is 14.8 Å². The lowest BCUT2D eigenvalue weighted by molar-refractivity contribution is 0.0957. The van der Waals surface area contributed by atoms with Gasteiger partial charge in [0.2, 0.25) is 0 Å². The Bertz CT molecular complexity index is 1110. The van der Waals surface area contributed by atoms with Crippen LogP contribution in [0.25, 0.3) is 22.0 Å². The average Bonchev–Trinajstić information content (AvgIpc) is 2.74. The second-order valence-electron chi connectivity index (χ2n) is 5.92. The molecule has 0 aliphatic rings. The smallest absolute Gasteiger partial charge is 0.267 e. The second kappa shape index (κ2) is 7.58. The normalized spacial score (nSPS) is 11.0. The van der Waals surface area contributed by atoms with E-state index in [-0.39, 0.29) is 5.91 Å². The first-order chi connectivity index (χ1) is 13.3. The molecule has 1 N–H and O–H groups in total. The summed E-state index contributed by atoms with van der Waals surface area (Å²) in [6, 6.07) is 20.9. The summed E-state index contributed by atoms with van der Waals surface area (Å²) in [4.78, 5) is 21.6. The molecule has 0 atom stereocenters. The minimum absolute atomic E-state index is 0.292. The zero-order valence-corrected chi connectivity index (χ0v) is 14.4. The number of carbonyl (C=O) groups is 1. The van der Waals surface area contributed by atoms with Crippen molar-refractivity contribution in [3.63, 3.8) is 0 Å². The van der Waals surface area contributed by atoms with E-state index in [0.29, 0.717) is 11.1 Å². The Morgan fingerprint density at radius 2 is 1.74 bits per heavy atom. The summed E-state index contributed by atoms with van der Waals surface area (Å²) in [6.07, 6.45) is 6.73. The number of hydrogen-bond donors (Lipinski definition) is 1. The van der Waals surface area contributed by atoms with Crippen molar-refractivity contribution in [3.05, 3.63) is 96.4 Å². The molecule has 4 aromatic rings. The van der Waals surface area contributed by atoms with Gasteiger partial charge in [0, 0.05) is 35.1 Å². The van der Waals surface area contributed by atoms with Crippen LogP contribution in [0.15, 0.2) is 90.4 Å². The first kappa shape index (κ1) is 16.6. The standard InChI is InChI=1S/C22H16N4O/c27-22(26-25-13-16-7-2-1-3-8-16)21-18-10-4-5-11-20(18)24-15-19(21)17-9-6-12-23-14-17/h1-15H,(H,26,27)/b25-13-. The summed E-state index contributed by atoms with van der Waals surface area (Å²) in [5, 5.41) is 4.87. The van der Waals surface area contributed by atoms with Crippen molar-refractivity contribution < 1.29 is 4.79 Å². The maximum Gasteiger partial charge on any atom is 0.272 e. The number of para-hydroxylation sites is 1. The molecule has 0 unspecified atom stereocenters. The van der Waals surface area contributed by atoms with E-state index >= 15 is 0 Å². The molecule has 2 aromatic heterocycles. The molecule has 0 saturated heterocycles. The first-order valence-electron chi connectivity index (χ1n) is 8.49. The monoisotopic (exact) mass is 352 g/mol. The Morgan fingerprint density at radius 3 is 2.56 bits per heavy atom. The van der Waals surface area contributed by atoms with E-state index < -0.39 is 0 Å². The number of amides is 1. The highest BCUT2D eigenvalue weighted by Crippen LogP contribution is 2.28. The van der Waals surface area contributed by atoms with E-state index in [0.717, 1.165) is 22.0 Å². The predicted molar refractivity (Wildman–Crippen MR) is 106 cm³/mol. The second-order valence-corrected chi connectivity index (χ2v) is 5.92. The van der Waals surface area contributed by atoms with Gasteiger partial charge in [-0.15, -0.1) is 0 Å². The number of hydrogen-bond acceptors (Lipinski definition) is 4. The van der Waals surface area contributed by atoms with Gasteiger partial charge in [-0.1, -0.05) is 54.6 Å². The van der Waals surface area contributed by atoms with Crippen LogP contribution in [-0.4, -0.2) is 22.1 Å². The Kier molecular flexibility index (Phi) is 4.66. The van der Waals surface area contributed by atoms with Crippen LogP contribution < -0.4 is 5.43 Å². The van der Waals surface area contributed by atoms with Gasteiger partial charge in [0.25, 0.3) is 5.91 Å². The van der Waals surface area contributed by atoms with Crippen LogP contribution >= 0.6 is 0 Å². The van der Waals surface area contributed by atoms with E-state index in [1.165, 1.54) is 0 Å². The summed E-state index contributed by atoms with van der Waals surface area (Å²) >= 11 is 0. The molecule has 1 amide bonds. The van der Waals surface area contributed by atoms with Gasteiger partial charge in [-0.05, 0) is 17.7 Å². The molecule has 2 aromatic carbocycles. The zero-order chi connectivity index (χ0) is 18.5. The third kappa shape index (κ3) is 3.57. The number of nitrogens with one attached hydrogen (secondary N) is 1. The Hall–Kier alpha value is -3.86. The lowest BCUT2D eigenvalue weighted by Crippen LogP contribution is -2.19. The number of pyridine rings is 2. The number of benzene rings is 2. The molecule has 2 heterocycles. The fourth-order valence-corrected chi connectivity index (χ4v) is 2.89. The zero-order valence-electron chi connectivity index (χ0n) is 14.4. The summed E-state index contributed by atoms with van der Waals surface area (Å²) in [5.41, 5.74) is 6.36. The van der Waals surface area contributed by atoms with Gasteiger partial charge < -0.3 is 0 Å². The van der Waals surface area contributed by atoms with Crippen molar-refractivity contribution in [2.75, 3.05) is 0 Å². The van der Waals surface area contributed by atoms with Gasteiger partial charge in [0.05, 0.1) is 17.3 Å². The molecule has 0 aliphatic carbocycles. The molecule has 5 nitrogen and oxygen atoms in total. The molecular weight excluding hydrogens is 336 g/mol. The third-order valence-corrected chi connectivity index (χ3v) is 4.15. The Balaban J connectivity index is 1.74. The Labute approximate surface area is 156 Å². The quantitative estimate of drug-likeness (QED) is 0.445. The first-order valence-corrected chi connectivity index (χ1v) is 8.49. The number of aromatic nitrogens is 2. The van der Waals surface area contributed by atoms with Crippen molar-refractivity contribution in [2.45, 2.75) is 0 Å². The maximum absolute atomic E-state index is 13.0. The molecule has 0 fully saturated rings. The Morgan fingerprint density at radius 1 is 0.926 bits per heavy atom. The van der Waals surface area contributed by atoms with Gasteiger partial charge >= 0.3 is 0 Å². The summed E-state index contributed by atoms with van der Waals surface area (Å²) in [6.45, 7) is 0. The highest BCUT2D eigenvalue weighted by Gasteiger charge is 2.17. The number of hydrazone groups is 1. The van der Waals surface area contributed by atoms with E-state index in [1.54, 1.807) is 24.8 Å². The number of nitrogens with zero attached hydrogens (tertiary/aromatic N) is 3. The van der Waals surface area contributed by atoms with Crippen LogP contribution in [0.5, 0.6) is 0 Å². The van der Waals surface area contributed by atoms with Gasteiger partial charge in [-0.25, -0.2) is 5.43 Å². The van der Waals surface area contributed by atoms with Gasteiger partial charge in [0.1, 0.15) is 0 Å². The van der Waals surface area contributed by atoms with E-state index in [1.807, 2.05) is 66.7 Å². The molecule has 0 bridgehead atoms. The van der Waals surface area contributed by atoms with E-state index in [9.17, 15) is 4.79 Å². The molecular formula is C22H16N4O. The molecule has 0 aliphatic heterocycles. The molecule has 5 heteroatoms. The summed E-state index contributed by atoms with van der Waals surface area (Å²) in [7, 11) is 0. The summed E-state index contributed by atoms with van der Waals surface area (Å²) in [5.74, 6) is -0.292. The predicted octanol–water partition coefficient (Wildman–Crippen LogP) is 4.06. The van der Waals surface area contributed by atoms with Gasteiger partial charge in [-0.2, -0.15) is 5.10 Å². The lowest BCUT2D eigenvalue weighted by Gasteiger charge is -2.11.